The lowest BCUT2D eigenvalue weighted by Gasteiger charge is -2.17. The third-order valence-electron chi connectivity index (χ3n) is 9.85. The number of fused-ring (bicyclic) bond motifs is 6. The van der Waals surface area contributed by atoms with E-state index >= 15 is 0 Å². The third kappa shape index (κ3) is 5.29. The standard InChI is InChI=1S/C51H32N4O/c1-4-15-33(16-5-1)38-23-14-24-41-39-21-10-12-25-44(39)55(48(38)41)45-29-27-36(31-42(45)34-17-6-2-7-18-34)50-52-49(35-19-8-3-9-20-35)53-51(54-50)37-28-30-47-43(32-37)40-22-11-13-26-46(40)56-47/h1-32H/i1D,4D,5D,10D,12D,14D,15D,16D,21D,23D,24D,25D. The van der Waals surface area contributed by atoms with Gasteiger partial charge in [0.25, 0.3) is 0 Å². The lowest BCUT2D eigenvalue weighted by atomic mass is 9.99. The van der Waals surface area contributed by atoms with Gasteiger partial charge >= 0.3 is 0 Å². The molecule has 0 N–H and O–H groups in total. The van der Waals surface area contributed by atoms with Crippen LogP contribution in [0.2, 0.25) is 0 Å². The van der Waals surface area contributed by atoms with Crippen molar-refractivity contribution in [3.8, 4) is 62.1 Å². The summed E-state index contributed by atoms with van der Waals surface area (Å²) in [5, 5.41) is 1.52. The Hall–Kier alpha value is -7.63. The Morgan fingerprint density at radius 3 is 1.84 bits per heavy atom. The quantitative estimate of drug-likeness (QED) is 0.171. The number of benzene rings is 8. The maximum Gasteiger partial charge on any atom is 0.164 e. The summed E-state index contributed by atoms with van der Waals surface area (Å²) in [5.41, 5.74) is 3.83. The van der Waals surface area contributed by atoms with Gasteiger partial charge in [-0.05, 0) is 59.6 Å². The van der Waals surface area contributed by atoms with E-state index in [4.69, 9.17) is 30.3 Å². The van der Waals surface area contributed by atoms with Gasteiger partial charge in [-0.15, -0.1) is 0 Å². The van der Waals surface area contributed by atoms with Crippen molar-refractivity contribution in [2.75, 3.05) is 0 Å². The highest BCUT2D eigenvalue weighted by Crippen LogP contribution is 2.42. The molecule has 0 saturated carbocycles. The molecule has 0 saturated heterocycles. The van der Waals surface area contributed by atoms with Crippen LogP contribution in [-0.2, 0) is 0 Å². The van der Waals surface area contributed by atoms with Gasteiger partial charge in [0.05, 0.1) is 33.2 Å². The maximum atomic E-state index is 9.37. The van der Waals surface area contributed by atoms with Gasteiger partial charge in [-0.25, -0.2) is 15.0 Å². The van der Waals surface area contributed by atoms with E-state index in [9.17, 15) is 5.48 Å². The van der Waals surface area contributed by atoms with Crippen molar-refractivity contribution in [2.24, 2.45) is 0 Å². The van der Waals surface area contributed by atoms with Gasteiger partial charge in [0.1, 0.15) is 11.2 Å². The van der Waals surface area contributed by atoms with E-state index in [-0.39, 0.29) is 33.1 Å². The summed E-state index contributed by atoms with van der Waals surface area (Å²) in [5.74, 6) is 1.07. The van der Waals surface area contributed by atoms with E-state index in [0.29, 0.717) is 45.3 Å². The van der Waals surface area contributed by atoms with E-state index in [1.54, 1.807) is 12.1 Å². The molecule has 3 heterocycles. The number of hydrogen-bond acceptors (Lipinski definition) is 4. The van der Waals surface area contributed by atoms with Crippen LogP contribution in [0.25, 0.3) is 106 Å². The first kappa shape index (κ1) is 21.9. The average Bonchev–Trinajstić information content (AvgIpc) is 3.93. The molecule has 0 aliphatic heterocycles. The largest absolute Gasteiger partial charge is 0.456 e. The normalized spacial score (nSPS) is 14.6. The number of hydrogen-bond donors (Lipinski definition) is 0. The van der Waals surface area contributed by atoms with Crippen molar-refractivity contribution in [1.82, 2.24) is 19.5 Å². The molecule has 0 aliphatic rings. The van der Waals surface area contributed by atoms with Crippen molar-refractivity contribution < 1.29 is 20.9 Å². The maximum absolute atomic E-state index is 9.37. The Kier molecular flexibility index (Phi) is 5.10. The minimum Gasteiger partial charge on any atom is -0.456 e. The van der Waals surface area contributed by atoms with E-state index in [0.717, 1.165) is 21.9 Å². The highest BCUT2D eigenvalue weighted by atomic mass is 16.3. The summed E-state index contributed by atoms with van der Waals surface area (Å²) in [4.78, 5) is 15.0. The third-order valence-corrected chi connectivity index (χ3v) is 9.85. The molecule has 3 aromatic heterocycles. The number of rotatable bonds is 6. The van der Waals surface area contributed by atoms with Gasteiger partial charge in [0.2, 0.25) is 0 Å². The Morgan fingerprint density at radius 2 is 1.04 bits per heavy atom. The second kappa shape index (κ2) is 13.0. The Balaban J connectivity index is 1.25. The van der Waals surface area contributed by atoms with Crippen LogP contribution in [0.5, 0.6) is 0 Å². The molecule has 0 unspecified atom stereocenters. The number of furan rings is 1. The van der Waals surface area contributed by atoms with Gasteiger partial charge in [-0.1, -0.05) is 145 Å². The predicted molar refractivity (Wildman–Crippen MR) is 229 cm³/mol. The van der Waals surface area contributed by atoms with Crippen LogP contribution in [0.1, 0.15) is 16.4 Å². The predicted octanol–water partition coefficient (Wildman–Crippen LogP) is 13.2. The van der Waals surface area contributed by atoms with Gasteiger partial charge in [0.15, 0.2) is 17.5 Å². The molecule has 5 heteroatoms. The van der Waals surface area contributed by atoms with Crippen molar-refractivity contribution >= 4 is 43.7 Å². The molecule has 0 aliphatic carbocycles. The van der Waals surface area contributed by atoms with Crippen molar-refractivity contribution in [1.29, 1.82) is 0 Å². The van der Waals surface area contributed by atoms with Crippen LogP contribution in [0.3, 0.4) is 0 Å². The molecular weight excluding hydrogens is 685 g/mol. The van der Waals surface area contributed by atoms with Crippen molar-refractivity contribution in [3.63, 3.8) is 0 Å². The number of para-hydroxylation sites is 3. The number of nitrogens with zero attached hydrogens (tertiary/aromatic N) is 4. The Bertz CT molecular complexity index is 3920. The Labute approximate surface area is 339 Å². The SMILES string of the molecule is [2H]c1c([2H])c([2H])c(-c2c([2H])c([2H])c([2H])c3c4c([2H])c([2H])c([2H])c([2H])c4n(-c4ccc(-c5nc(-c6ccccc6)nc(-c6ccc7oc8ccccc8c7c6)n5)cc4-c4ccccc4)c23)c([2H])c1[2H]. The summed E-state index contributed by atoms with van der Waals surface area (Å²) in [6, 6.07) is 29.9. The number of aromatic nitrogens is 4. The van der Waals surface area contributed by atoms with E-state index in [2.05, 4.69) is 0 Å². The lowest BCUT2D eigenvalue weighted by Crippen LogP contribution is -2.02. The highest BCUT2D eigenvalue weighted by Gasteiger charge is 2.21. The summed E-state index contributed by atoms with van der Waals surface area (Å²) in [6.45, 7) is 0. The van der Waals surface area contributed by atoms with Crippen LogP contribution < -0.4 is 0 Å². The minimum atomic E-state index is -0.694. The molecule has 0 spiro atoms. The molecule has 5 nitrogen and oxygen atoms in total. The first-order valence-corrected chi connectivity index (χ1v) is 17.8. The summed E-state index contributed by atoms with van der Waals surface area (Å²) in [7, 11) is 0. The van der Waals surface area contributed by atoms with Gasteiger partial charge in [-0.3, -0.25) is 0 Å². The van der Waals surface area contributed by atoms with Crippen molar-refractivity contribution in [2.45, 2.75) is 0 Å². The van der Waals surface area contributed by atoms with Crippen LogP contribution in [-0.4, -0.2) is 19.5 Å². The van der Waals surface area contributed by atoms with Crippen LogP contribution in [0.4, 0.5) is 0 Å². The van der Waals surface area contributed by atoms with Crippen molar-refractivity contribution in [3.05, 3.63) is 194 Å². The van der Waals surface area contributed by atoms with Gasteiger partial charge in [0, 0.05) is 49.4 Å². The summed E-state index contributed by atoms with van der Waals surface area (Å²) < 4.78 is 115. The van der Waals surface area contributed by atoms with E-state index in [1.165, 1.54) is 4.57 Å². The molecular formula is C51H32N4O. The lowest BCUT2D eigenvalue weighted by molar-refractivity contribution is 0.669. The van der Waals surface area contributed by atoms with Crippen LogP contribution in [0.15, 0.2) is 198 Å². The monoisotopic (exact) mass is 728 g/mol. The van der Waals surface area contributed by atoms with Gasteiger partial charge in [-0.2, -0.15) is 0 Å². The smallest absolute Gasteiger partial charge is 0.164 e. The van der Waals surface area contributed by atoms with Crippen LogP contribution >= 0.6 is 0 Å². The van der Waals surface area contributed by atoms with Crippen LogP contribution in [0, 0.1) is 0 Å². The summed E-state index contributed by atoms with van der Waals surface area (Å²) >= 11 is 0. The summed E-state index contributed by atoms with van der Waals surface area (Å²) in [6.07, 6.45) is 0. The van der Waals surface area contributed by atoms with Gasteiger partial charge < -0.3 is 8.98 Å². The zero-order chi connectivity index (χ0) is 47.4. The second-order valence-electron chi connectivity index (χ2n) is 13.1. The molecule has 0 atom stereocenters. The fraction of sp³-hybridized carbons (Fsp3) is 0. The fourth-order valence-electron chi connectivity index (χ4n) is 7.30. The molecule has 0 bridgehead atoms. The zero-order valence-corrected chi connectivity index (χ0v) is 29.2. The molecule has 0 amide bonds. The minimum absolute atomic E-state index is 0.112. The fourth-order valence-corrected chi connectivity index (χ4v) is 7.30. The molecule has 0 fully saturated rings. The zero-order valence-electron chi connectivity index (χ0n) is 41.2. The van der Waals surface area contributed by atoms with E-state index < -0.39 is 78.1 Å². The highest BCUT2D eigenvalue weighted by molar-refractivity contribution is 6.14. The average molecular weight is 729 g/mol. The molecule has 11 rings (SSSR count). The van der Waals surface area contributed by atoms with E-state index in [1.807, 2.05) is 109 Å². The Morgan fingerprint density at radius 1 is 0.411 bits per heavy atom. The topological polar surface area (TPSA) is 56.7 Å². The molecule has 11 aromatic rings. The molecule has 262 valence electrons. The first-order valence-electron chi connectivity index (χ1n) is 23.8. The molecule has 56 heavy (non-hydrogen) atoms. The molecule has 0 radical (unpaired) electrons. The first-order chi connectivity index (χ1) is 32.7. The second-order valence-corrected chi connectivity index (χ2v) is 13.1. The molecule has 8 aromatic carbocycles.